The van der Waals surface area contributed by atoms with E-state index in [9.17, 15) is 9.18 Å². The SMILES string of the molecule is Cc1[nH]c(C2CC(=O)N(c3cccc(F)c3)C2)nc1-c1ccccc1. The number of aryl methyl sites for hydroxylation is 1. The smallest absolute Gasteiger partial charge is 0.227 e. The molecule has 1 aromatic heterocycles. The summed E-state index contributed by atoms with van der Waals surface area (Å²) in [4.78, 5) is 22.1. The number of carbonyl (C=O) groups is 1. The van der Waals surface area contributed by atoms with Gasteiger partial charge in [-0.1, -0.05) is 36.4 Å². The van der Waals surface area contributed by atoms with Crippen LogP contribution in [0.1, 0.15) is 23.9 Å². The summed E-state index contributed by atoms with van der Waals surface area (Å²) in [6, 6.07) is 16.1. The highest BCUT2D eigenvalue weighted by Gasteiger charge is 2.33. The first kappa shape index (κ1) is 15.6. The van der Waals surface area contributed by atoms with Crippen LogP contribution in [-0.4, -0.2) is 22.4 Å². The lowest BCUT2D eigenvalue weighted by molar-refractivity contribution is -0.117. The van der Waals surface area contributed by atoms with Crippen LogP contribution < -0.4 is 4.90 Å². The fraction of sp³-hybridized carbons (Fsp3) is 0.200. The quantitative estimate of drug-likeness (QED) is 0.785. The summed E-state index contributed by atoms with van der Waals surface area (Å²) in [6.07, 6.45) is 0.373. The predicted octanol–water partition coefficient (Wildman–Crippen LogP) is 4.04. The Balaban J connectivity index is 1.61. The molecule has 4 nitrogen and oxygen atoms in total. The number of carbonyl (C=O) groups excluding carboxylic acids is 1. The Morgan fingerprint density at radius 2 is 1.96 bits per heavy atom. The Hall–Kier alpha value is -2.95. The molecule has 1 atom stereocenters. The second-order valence-corrected chi connectivity index (χ2v) is 6.35. The number of rotatable bonds is 3. The summed E-state index contributed by atoms with van der Waals surface area (Å²) in [5, 5.41) is 0. The third-order valence-corrected chi connectivity index (χ3v) is 4.58. The highest BCUT2D eigenvalue weighted by molar-refractivity contribution is 5.96. The fourth-order valence-electron chi connectivity index (χ4n) is 3.34. The van der Waals surface area contributed by atoms with Crippen molar-refractivity contribution in [2.45, 2.75) is 19.3 Å². The molecule has 0 spiro atoms. The van der Waals surface area contributed by atoms with Crippen LogP contribution in [0.25, 0.3) is 11.3 Å². The van der Waals surface area contributed by atoms with Crippen LogP contribution in [0.15, 0.2) is 54.6 Å². The fourth-order valence-corrected chi connectivity index (χ4v) is 3.34. The van der Waals surface area contributed by atoms with Gasteiger partial charge in [-0.3, -0.25) is 4.79 Å². The number of imidazole rings is 1. The van der Waals surface area contributed by atoms with Crippen molar-refractivity contribution in [3.05, 3.63) is 71.9 Å². The number of hydrogen-bond acceptors (Lipinski definition) is 2. The van der Waals surface area contributed by atoms with Gasteiger partial charge in [0.2, 0.25) is 5.91 Å². The average Bonchev–Trinajstić information content (AvgIpc) is 3.19. The zero-order chi connectivity index (χ0) is 17.4. The maximum Gasteiger partial charge on any atom is 0.227 e. The summed E-state index contributed by atoms with van der Waals surface area (Å²) in [7, 11) is 0. The van der Waals surface area contributed by atoms with Crippen molar-refractivity contribution in [2.24, 2.45) is 0 Å². The van der Waals surface area contributed by atoms with Gasteiger partial charge in [0.1, 0.15) is 11.6 Å². The monoisotopic (exact) mass is 335 g/mol. The van der Waals surface area contributed by atoms with E-state index in [1.165, 1.54) is 12.1 Å². The van der Waals surface area contributed by atoms with Gasteiger partial charge in [0.25, 0.3) is 0 Å². The highest BCUT2D eigenvalue weighted by atomic mass is 19.1. The van der Waals surface area contributed by atoms with Crippen molar-refractivity contribution < 1.29 is 9.18 Å². The molecule has 25 heavy (non-hydrogen) atoms. The van der Waals surface area contributed by atoms with Crippen LogP contribution in [0.2, 0.25) is 0 Å². The van der Waals surface area contributed by atoms with Crippen LogP contribution in [0.5, 0.6) is 0 Å². The maximum atomic E-state index is 13.5. The molecule has 4 rings (SSSR count). The molecule has 0 radical (unpaired) electrons. The summed E-state index contributed by atoms with van der Waals surface area (Å²) in [5.41, 5.74) is 3.54. The number of aromatic nitrogens is 2. The van der Waals surface area contributed by atoms with E-state index in [-0.39, 0.29) is 17.6 Å². The lowest BCUT2D eigenvalue weighted by Gasteiger charge is -2.16. The van der Waals surface area contributed by atoms with Crippen LogP contribution in [0.3, 0.4) is 0 Å². The van der Waals surface area contributed by atoms with E-state index in [0.717, 1.165) is 22.8 Å². The number of aromatic amines is 1. The molecule has 3 aromatic rings. The van der Waals surface area contributed by atoms with Gasteiger partial charge in [0.15, 0.2) is 0 Å². The predicted molar refractivity (Wildman–Crippen MR) is 94.9 cm³/mol. The topological polar surface area (TPSA) is 49.0 Å². The normalized spacial score (nSPS) is 17.3. The van der Waals surface area contributed by atoms with Gasteiger partial charge < -0.3 is 9.88 Å². The number of benzene rings is 2. The Labute approximate surface area is 145 Å². The number of H-pyrrole nitrogens is 1. The number of nitrogens with one attached hydrogen (secondary N) is 1. The van der Waals surface area contributed by atoms with Gasteiger partial charge in [-0.15, -0.1) is 0 Å². The van der Waals surface area contributed by atoms with Crippen LogP contribution in [0, 0.1) is 12.7 Å². The number of halogens is 1. The lowest BCUT2D eigenvalue weighted by Crippen LogP contribution is -2.24. The maximum absolute atomic E-state index is 13.5. The summed E-state index contributed by atoms with van der Waals surface area (Å²) in [5.74, 6) is 0.440. The van der Waals surface area contributed by atoms with Crippen molar-refractivity contribution >= 4 is 11.6 Å². The molecule has 1 fully saturated rings. The standard InChI is InChI=1S/C20H18FN3O/c1-13-19(14-6-3-2-4-7-14)23-20(22-13)15-10-18(25)24(12-15)17-9-5-8-16(21)11-17/h2-9,11,15H,10,12H2,1H3,(H,22,23). The van der Waals surface area contributed by atoms with Gasteiger partial charge in [-0.05, 0) is 25.1 Å². The van der Waals surface area contributed by atoms with Crippen LogP contribution >= 0.6 is 0 Å². The van der Waals surface area contributed by atoms with Crippen molar-refractivity contribution in [3.63, 3.8) is 0 Å². The molecule has 1 aliphatic rings. The van der Waals surface area contributed by atoms with E-state index >= 15 is 0 Å². The van der Waals surface area contributed by atoms with E-state index in [4.69, 9.17) is 4.98 Å². The Morgan fingerprint density at radius 3 is 2.72 bits per heavy atom. The molecular formula is C20H18FN3O. The molecule has 1 N–H and O–H groups in total. The first-order chi connectivity index (χ1) is 12.1. The number of anilines is 1. The van der Waals surface area contributed by atoms with Crippen molar-refractivity contribution in [1.29, 1.82) is 0 Å². The van der Waals surface area contributed by atoms with Crippen molar-refractivity contribution in [1.82, 2.24) is 9.97 Å². The summed E-state index contributed by atoms with van der Waals surface area (Å²) < 4.78 is 13.5. The Morgan fingerprint density at radius 1 is 1.16 bits per heavy atom. The van der Waals surface area contributed by atoms with E-state index in [1.54, 1.807) is 17.0 Å². The molecule has 0 aliphatic carbocycles. The molecule has 0 bridgehead atoms. The molecule has 1 aliphatic heterocycles. The minimum Gasteiger partial charge on any atom is -0.345 e. The van der Waals surface area contributed by atoms with E-state index < -0.39 is 0 Å². The number of hydrogen-bond donors (Lipinski definition) is 1. The lowest BCUT2D eigenvalue weighted by atomic mass is 10.1. The number of nitrogens with zero attached hydrogens (tertiary/aromatic N) is 2. The summed E-state index contributed by atoms with van der Waals surface area (Å²) >= 11 is 0. The molecule has 0 saturated carbocycles. The third kappa shape index (κ3) is 2.93. The first-order valence-corrected chi connectivity index (χ1v) is 8.29. The molecule has 1 saturated heterocycles. The molecule has 2 heterocycles. The molecule has 126 valence electrons. The van der Waals surface area contributed by atoms with Gasteiger partial charge in [0, 0.05) is 35.8 Å². The minimum absolute atomic E-state index is 0.00841. The Bertz CT molecular complexity index is 920. The molecule has 2 aromatic carbocycles. The highest BCUT2D eigenvalue weighted by Crippen LogP contribution is 2.32. The molecule has 1 amide bonds. The zero-order valence-electron chi connectivity index (χ0n) is 13.9. The van der Waals surface area contributed by atoms with Crippen molar-refractivity contribution in [3.8, 4) is 11.3 Å². The van der Waals surface area contributed by atoms with Gasteiger partial charge >= 0.3 is 0 Å². The van der Waals surface area contributed by atoms with Crippen molar-refractivity contribution in [2.75, 3.05) is 11.4 Å². The second-order valence-electron chi connectivity index (χ2n) is 6.35. The molecule has 5 heteroatoms. The zero-order valence-corrected chi connectivity index (χ0v) is 13.9. The van der Waals surface area contributed by atoms with Crippen LogP contribution in [-0.2, 0) is 4.79 Å². The Kier molecular flexibility index (Phi) is 3.84. The van der Waals surface area contributed by atoms with Gasteiger partial charge in [0.05, 0.1) is 5.69 Å². The van der Waals surface area contributed by atoms with E-state index in [0.29, 0.717) is 18.7 Å². The first-order valence-electron chi connectivity index (χ1n) is 8.29. The third-order valence-electron chi connectivity index (χ3n) is 4.58. The largest absolute Gasteiger partial charge is 0.345 e. The number of amides is 1. The second kappa shape index (κ2) is 6.16. The van der Waals surface area contributed by atoms with Gasteiger partial charge in [-0.2, -0.15) is 0 Å². The van der Waals surface area contributed by atoms with Crippen LogP contribution in [0.4, 0.5) is 10.1 Å². The average molecular weight is 335 g/mol. The molecule has 1 unspecified atom stereocenters. The minimum atomic E-state index is -0.339. The van der Waals surface area contributed by atoms with E-state index in [1.807, 2.05) is 37.3 Å². The van der Waals surface area contributed by atoms with Gasteiger partial charge in [-0.25, -0.2) is 9.37 Å². The summed E-state index contributed by atoms with van der Waals surface area (Å²) in [6.45, 7) is 2.49. The van der Waals surface area contributed by atoms with E-state index in [2.05, 4.69) is 4.98 Å². The molecular weight excluding hydrogens is 317 g/mol.